The molecule has 0 spiro atoms. The van der Waals surface area contributed by atoms with Crippen LogP contribution in [0.1, 0.15) is 43.7 Å². The zero-order valence-electron chi connectivity index (χ0n) is 12.7. The first kappa shape index (κ1) is 14.7. The van der Waals surface area contributed by atoms with Gasteiger partial charge in [0.05, 0.1) is 6.42 Å². The van der Waals surface area contributed by atoms with Crippen molar-refractivity contribution in [2.75, 3.05) is 6.54 Å². The van der Waals surface area contributed by atoms with Crippen LogP contribution in [-0.4, -0.2) is 22.3 Å². The molecule has 0 saturated carbocycles. The lowest BCUT2D eigenvalue weighted by Gasteiger charge is -2.19. The van der Waals surface area contributed by atoms with Crippen LogP contribution in [0.3, 0.4) is 0 Å². The number of hydrogen-bond donors (Lipinski definition) is 1. The fraction of sp³-hybridized carbons (Fsp3) is 0.500. The van der Waals surface area contributed by atoms with E-state index in [1.165, 1.54) is 11.1 Å². The summed E-state index contributed by atoms with van der Waals surface area (Å²) < 4.78 is 5.67. The topological polar surface area (TPSA) is 51.0 Å². The first-order chi connectivity index (χ1) is 9.42. The summed E-state index contributed by atoms with van der Waals surface area (Å²) in [6.07, 6.45) is 1.46. The van der Waals surface area contributed by atoms with Crippen molar-refractivity contribution in [3.63, 3.8) is 0 Å². The third-order valence-corrected chi connectivity index (χ3v) is 2.98. The van der Waals surface area contributed by atoms with Gasteiger partial charge in [-0.15, -0.1) is 10.2 Å². The molecule has 1 aromatic heterocycles. The van der Waals surface area contributed by atoms with Gasteiger partial charge in [0.15, 0.2) is 0 Å². The van der Waals surface area contributed by atoms with Crippen LogP contribution in [0.25, 0.3) is 0 Å². The third kappa shape index (κ3) is 4.78. The summed E-state index contributed by atoms with van der Waals surface area (Å²) in [7, 11) is 0. The van der Waals surface area contributed by atoms with E-state index in [2.05, 4.69) is 67.5 Å². The number of aryl methyl sites for hydroxylation is 1. The molecule has 108 valence electrons. The molecule has 2 aromatic rings. The van der Waals surface area contributed by atoms with Gasteiger partial charge in [0.25, 0.3) is 0 Å². The standard InChI is InChI=1S/C16H23N3O/c1-12-5-7-13(8-6-12)11-15-19-18-14(20-15)9-10-17-16(2,3)4/h5-8,17H,9-11H2,1-4H3. The van der Waals surface area contributed by atoms with Crippen molar-refractivity contribution in [3.05, 3.63) is 47.2 Å². The Labute approximate surface area is 120 Å². The Kier molecular flexibility index (Phi) is 4.55. The van der Waals surface area contributed by atoms with Crippen LogP contribution in [0.5, 0.6) is 0 Å². The molecule has 0 radical (unpaired) electrons. The molecule has 1 heterocycles. The van der Waals surface area contributed by atoms with E-state index in [1.54, 1.807) is 0 Å². The molecule has 4 nitrogen and oxygen atoms in total. The summed E-state index contributed by atoms with van der Waals surface area (Å²) in [6.45, 7) is 9.35. The molecule has 0 aliphatic heterocycles. The summed E-state index contributed by atoms with van der Waals surface area (Å²) in [5, 5.41) is 11.6. The highest BCUT2D eigenvalue weighted by Gasteiger charge is 2.10. The number of aromatic nitrogens is 2. The highest BCUT2D eigenvalue weighted by molar-refractivity contribution is 5.23. The zero-order valence-corrected chi connectivity index (χ0v) is 12.7. The molecule has 2 rings (SSSR count). The number of nitrogens with zero attached hydrogens (tertiary/aromatic N) is 2. The predicted octanol–water partition coefficient (Wildman–Crippen LogP) is 2.90. The highest BCUT2D eigenvalue weighted by atomic mass is 16.4. The van der Waals surface area contributed by atoms with Crippen molar-refractivity contribution in [1.82, 2.24) is 15.5 Å². The summed E-state index contributed by atoms with van der Waals surface area (Å²) in [6, 6.07) is 8.39. The molecule has 4 heteroatoms. The van der Waals surface area contributed by atoms with E-state index >= 15 is 0 Å². The molecule has 0 bridgehead atoms. The van der Waals surface area contributed by atoms with Crippen molar-refractivity contribution < 1.29 is 4.42 Å². The normalized spacial score (nSPS) is 11.8. The van der Waals surface area contributed by atoms with Crippen LogP contribution >= 0.6 is 0 Å². The van der Waals surface area contributed by atoms with Crippen LogP contribution in [0.15, 0.2) is 28.7 Å². The van der Waals surface area contributed by atoms with Crippen molar-refractivity contribution in [2.45, 2.75) is 46.1 Å². The smallest absolute Gasteiger partial charge is 0.220 e. The van der Waals surface area contributed by atoms with E-state index in [4.69, 9.17) is 4.42 Å². The van der Waals surface area contributed by atoms with Crippen LogP contribution in [0, 0.1) is 6.92 Å². The van der Waals surface area contributed by atoms with Gasteiger partial charge < -0.3 is 9.73 Å². The van der Waals surface area contributed by atoms with Gasteiger partial charge in [-0.1, -0.05) is 29.8 Å². The monoisotopic (exact) mass is 273 g/mol. The molecule has 0 aliphatic carbocycles. The van der Waals surface area contributed by atoms with Gasteiger partial charge >= 0.3 is 0 Å². The number of hydrogen-bond acceptors (Lipinski definition) is 4. The van der Waals surface area contributed by atoms with E-state index in [9.17, 15) is 0 Å². The minimum atomic E-state index is 0.116. The van der Waals surface area contributed by atoms with Gasteiger partial charge in [-0.3, -0.25) is 0 Å². The van der Waals surface area contributed by atoms with Crippen molar-refractivity contribution in [1.29, 1.82) is 0 Å². The second-order valence-corrected chi connectivity index (χ2v) is 6.18. The lowest BCUT2D eigenvalue weighted by molar-refractivity contribution is 0.403. The zero-order chi connectivity index (χ0) is 14.6. The Morgan fingerprint density at radius 3 is 2.35 bits per heavy atom. The SMILES string of the molecule is Cc1ccc(Cc2nnc(CCNC(C)(C)C)o2)cc1. The minimum absolute atomic E-state index is 0.116. The van der Waals surface area contributed by atoms with Crippen LogP contribution in [-0.2, 0) is 12.8 Å². The van der Waals surface area contributed by atoms with Crippen LogP contribution in [0.2, 0.25) is 0 Å². The molecular formula is C16H23N3O. The van der Waals surface area contributed by atoms with Gasteiger partial charge in [-0.2, -0.15) is 0 Å². The first-order valence-electron chi connectivity index (χ1n) is 7.04. The maximum absolute atomic E-state index is 5.67. The second-order valence-electron chi connectivity index (χ2n) is 6.18. The summed E-state index contributed by atoms with van der Waals surface area (Å²) >= 11 is 0. The summed E-state index contributed by atoms with van der Waals surface area (Å²) in [5.74, 6) is 1.38. The van der Waals surface area contributed by atoms with Gasteiger partial charge in [0, 0.05) is 18.5 Å². The lowest BCUT2D eigenvalue weighted by atomic mass is 10.1. The molecule has 0 unspecified atom stereocenters. The van der Waals surface area contributed by atoms with Gasteiger partial charge in [-0.25, -0.2) is 0 Å². The molecule has 1 aromatic carbocycles. The maximum Gasteiger partial charge on any atom is 0.220 e. The Morgan fingerprint density at radius 2 is 1.70 bits per heavy atom. The molecular weight excluding hydrogens is 250 g/mol. The van der Waals surface area contributed by atoms with E-state index in [0.717, 1.165) is 13.0 Å². The van der Waals surface area contributed by atoms with Gasteiger partial charge in [-0.05, 0) is 33.3 Å². The van der Waals surface area contributed by atoms with Crippen LogP contribution < -0.4 is 5.32 Å². The van der Waals surface area contributed by atoms with E-state index < -0.39 is 0 Å². The lowest BCUT2D eigenvalue weighted by Crippen LogP contribution is -2.37. The Balaban J connectivity index is 1.87. The molecule has 20 heavy (non-hydrogen) atoms. The average Bonchev–Trinajstić information content (AvgIpc) is 2.78. The summed E-state index contributed by atoms with van der Waals surface area (Å²) in [5.41, 5.74) is 2.57. The van der Waals surface area contributed by atoms with Crippen molar-refractivity contribution in [2.24, 2.45) is 0 Å². The van der Waals surface area contributed by atoms with E-state index in [0.29, 0.717) is 18.2 Å². The predicted molar refractivity (Wildman–Crippen MR) is 79.7 cm³/mol. The largest absolute Gasteiger partial charge is 0.425 e. The third-order valence-electron chi connectivity index (χ3n) is 2.98. The minimum Gasteiger partial charge on any atom is -0.425 e. The van der Waals surface area contributed by atoms with Crippen molar-refractivity contribution in [3.8, 4) is 0 Å². The number of benzene rings is 1. The Morgan fingerprint density at radius 1 is 1.05 bits per heavy atom. The molecule has 0 atom stereocenters. The molecule has 0 fully saturated rings. The molecule has 1 N–H and O–H groups in total. The molecule has 0 aliphatic rings. The number of rotatable bonds is 5. The molecule has 0 amide bonds. The van der Waals surface area contributed by atoms with Gasteiger partial charge in [0.2, 0.25) is 11.8 Å². The fourth-order valence-corrected chi connectivity index (χ4v) is 1.89. The fourth-order valence-electron chi connectivity index (χ4n) is 1.89. The molecule has 0 saturated heterocycles. The second kappa shape index (κ2) is 6.18. The number of nitrogens with one attached hydrogen (secondary N) is 1. The average molecular weight is 273 g/mol. The Bertz CT molecular complexity index is 538. The Hall–Kier alpha value is -1.68. The van der Waals surface area contributed by atoms with Crippen LogP contribution in [0.4, 0.5) is 0 Å². The van der Waals surface area contributed by atoms with E-state index in [1.807, 2.05) is 0 Å². The highest BCUT2D eigenvalue weighted by Crippen LogP contribution is 2.10. The summed E-state index contributed by atoms with van der Waals surface area (Å²) in [4.78, 5) is 0. The van der Waals surface area contributed by atoms with Gasteiger partial charge in [0.1, 0.15) is 0 Å². The maximum atomic E-state index is 5.67. The van der Waals surface area contributed by atoms with Crippen molar-refractivity contribution >= 4 is 0 Å². The first-order valence-corrected chi connectivity index (χ1v) is 7.04. The quantitative estimate of drug-likeness (QED) is 0.910. The van der Waals surface area contributed by atoms with E-state index in [-0.39, 0.29) is 5.54 Å².